The molecule has 6 heteroatoms. The van der Waals surface area contributed by atoms with Crippen molar-refractivity contribution in [2.45, 2.75) is 88.8 Å². The quantitative estimate of drug-likeness (QED) is 0.512. The van der Waals surface area contributed by atoms with Gasteiger partial charge in [-0.15, -0.1) is 0 Å². The fourth-order valence-corrected chi connectivity index (χ4v) is 7.27. The predicted molar refractivity (Wildman–Crippen MR) is 115 cm³/mol. The summed E-state index contributed by atoms with van der Waals surface area (Å²) in [4.78, 5) is 3.96. The van der Waals surface area contributed by atoms with Crippen molar-refractivity contribution in [2.24, 2.45) is 0 Å². The fourth-order valence-electron chi connectivity index (χ4n) is 3.62. The van der Waals surface area contributed by atoms with E-state index in [1.54, 1.807) is 0 Å². The van der Waals surface area contributed by atoms with Crippen LogP contribution in [0.1, 0.15) is 57.8 Å². The molecule has 3 saturated heterocycles. The second-order valence-electron chi connectivity index (χ2n) is 7.38. The molecule has 27 heavy (non-hydrogen) atoms. The zero-order chi connectivity index (χ0) is 18.3. The lowest BCUT2D eigenvalue weighted by molar-refractivity contribution is 0.0727. The zero-order valence-corrected chi connectivity index (χ0v) is 18.3. The maximum atomic E-state index is 5.96. The SMILES string of the molecule is c1c(SC2CCCCO2)cc(SC2CCCCO2)cc1SC1CCCCO1. The molecule has 150 valence electrons. The highest BCUT2D eigenvalue weighted by atomic mass is 32.2. The van der Waals surface area contributed by atoms with Crippen molar-refractivity contribution in [3.63, 3.8) is 0 Å². The van der Waals surface area contributed by atoms with Crippen LogP contribution < -0.4 is 0 Å². The molecule has 0 spiro atoms. The molecular formula is C21H30O3S3. The van der Waals surface area contributed by atoms with Crippen LogP contribution in [0.4, 0.5) is 0 Å². The van der Waals surface area contributed by atoms with Crippen LogP contribution in [0.15, 0.2) is 32.9 Å². The molecule has 0 aromatic heterocycles. The molecule has 0 bridgehead atoms. The van der Waals surface area contributed by atoms with E-state index < -0.39 is 0 Å². The summed E-state index contributed by atoms with van der Waals surface area (Å²) in [6.07, 6.45) is 10.9. The number of hydrogen-bond donors (Lipinski definition) is 0. The number of benzene rings is 1. The molecule has 3 fully saturated rings. The van der Waals surface area contributed by atoms with Crippen LogP contribution in [0.3, 0.4) is 0 Å². The van der Waals surface area contributed by atoms with Gasteiger partial charge in [0.2, 0.25) is 0 Å². The number of thioether (sulfide) groups is 3. The first-order valence-electron chi connectivity index (χ1n) is 10.3. The molecule has 0 N–H and O–H groups in total. The largest absolute Gasteiger partial charge is 0.367 e. The summed E-state index contributed by atoms with van der Waals surface area (Å²) in [5.41, 5.74) is 0.899. The molecule has 3 atom stereocenters. The third-order valence-corrected chi connectivity index (χ3v) is 8.50. The Bertz CT molecular complexity index is 487. The Labute approximate surface area is 176 Å². The second kappa shape index (κ2) is 10.8. The van der Waals surface area contributed by atoms with E-state index in [0.717, 1.165) is 39.1 Å². The van der Waals surface area contributed by atoms with Gasteiger partial charge in [0.1, 0.15) is 16.3 Å². The van der Waals surface area contributed by atoms with Crippen LogP contribution in [-0.2, 0) is 14.2 Å². The molecule has 0 aliphatic carbocycles. The predicted octanol–water partition coefficient (Wildman–Crippen LogP) is 6.54. The molecule has 0 radical (unpaired) electrons. The maximum Gasteiger partial charge on any atom is 0.107 e. The van der Waals surface area contributed by atoms with Gasteiger partial charge in [0.15, 0.2) is 0 Å². The highest BCUT2D eigenvalue weighted by Crippen LogP contribution is 2.40. The number of hydrogen-bond acceptors (Lipinski definition) is 6. The Morgan fingerprint density at radius 3 is 1.11 bits per heavy atom. The monoisotopic (exact) mass is 426 g/mol. The van der Waals surface area contributed by atoms with Crippen LogP contribution in [0.2, 0.25) is 0 Å². The minimum Gasteiger partial charge on any atom is -0.367 e. The van der Waals surface area contributed by atoms with Gasteiger partial charge in [-0.05, 0) is 76.0 Å². The Morgan fingerprint density at radius 2 is 0.852 bits per heavy atom. The minimum absolute atomic E-state index is 0.300. The Balaban J connectivity index is 1.47. The van der Waals surface area contributed by atoms with E-state index in [2.05, 4.69) is 18.2 Å². The van der Waals surface area contributed by atoms with Gasteiger partial charge < -0.3 is 14.2 Å². The lowest BCUT2D eigenvalue weighted by Gasteiger charge is -2.25. The topological polar surface area (TPSA) is 27.7 Å². The smallest absolute Gasteiger partial charge is 0.107 e. The van der Waals surface area contributed by atoms with Gasteiger partial charge in [-0.2, -0.15) is 0 Å². The van der Waals surface area contributed by atoms with Gasteiger partial charge in [-0.3, -0.25) is 0 Å². The Hall–Kier alpha value is 0.150. The molecular weight excluding hydrogens is 396 g/mol. The van der Waals surface area contributed by atoms with Crippen molar-refractivity contribution in [2.75, 3.05) is 19.8 Å². The highest BCUT2D eigenvalue weighted by Gasteiger charge is 2.20. The lowest BCUT2D eigenvalue weighted by atomic mass is 10.2. The molecule has 0 amide bonds. The van der Waals surface area contributed by atoms with Crippen LogP contribution in [-0.4, -0.2) is 36.1 Å². The first-order valence-corrected chi connectivity index (χ1v) is 13.0. The Kier molecular flexibility index (Phi) is 8.16. The van der Waals surface area contributed by atoms with Crippen molar-refractivity contribution in [3.8, 4) is 0 Å². The normalized spacial score (nSPS) is 29.6. The zero-order valence-electron chi connectivity index (χ0n) is 15.9. The van der Waals surface area contributed by atoms with Crippen LogP contribution >= 0.6 is 35.3 Å². The summed E-state index contributed by atoms with van der Waals surface area (Å²) in [6.45, 7) is 2.71. The van der Waals surface area contributed by atoms with Crippen LogP contribution in [0.25, 0.3) is 0 Å². The van der Waals surface area contributed by atoms with E-state index in [9.17, 15) is 0 Å². The summed E-state index contributed by atoms with van der Waals surface area (Å²) in [7, 11) is 0. The van der Waals surface area contributed by atoms with E-state index in [1.807, 2.05) is 35.3 Å². The third-order valence-electron chi connectivity index (χ3n) is 5.07. The molecule has 1 aromatic rings. The molecule has 1 aromatic carbocycles. The molecule has 3 aliphatic rings. The van der Waals surface area contributed by atoms with Gasteiger partial charge >= 0.3 is 0 Å². The third kappa shape index (κ3) is 6.58. The molecule has 0 saturated carbocycles. The summed E-state index contributed by atoms with van der Waals surface area (Å²) >= 11 is 5.66. The standard InChI is InChI=1S/C21H30O3S3/c1-4-10-22-19(7-1)25-16-13-17(26-20-8-2-5-11-23-20)15-18(14-16)27-21-9-3-6-12-24-21/h13-15,19-21H,1-12H2. The molecule has 3 nitrogen and oxygen atoms in total. The number of ether oxygens (including phenoxy) is 3. The van der Waals surface area contributed by atoms with E-state index in [4.69, 9.17) is 14.2 Å². The molecule has 3 aliphatic heterocycles. The van der Waals surface area contributed by atoms with E-state index in [1.165, 1.54) is 53.2 Å². The van der Waals surface area contributed by atoms with Crippen LogP contribution in [0, 0.1) is 0 Å². The molecule has 3 unspecified atom stereocenters. The van der Waals surface area contributed by atoms with Crippen molar-refractivity contribution in [3.05, 3.63) is 18.2 Å². The van der Waals surface area contributed by atoms with Gasteiger partial charge in [-0.1, -0.05) is 35.3 Å². The lowest BCUT2D eigenvalue weighted by Crippen LogP contribution is -2.16. The first kappa shape index (κ1) is 20.4. The summed E-state index contributed by atoms with van der Waals surface area (Å²) in [5.74, 6) is 0. The second-order valence-corrected chi connectivity index (χ2v) is 11.1. The van der Waals surface area contributed by atoms with Crippen molar-refractivity contribution in [1.82, 2.24) is 0 Å². The van der Waals surface area contributed by atoms with E-state index >= 15 is 0 Å². The van der Waals surface area contributed by atoms with Crippen LogP contribution in [0.5, 0.6) is 0 Å². The van der Waals surface area contributed by atoms with Gasteiger partial charge in [0, 0.05) is 34.5 Å². The molecule has 4 rings (SSSR count). The van der Waals surface area contributed by atoms with Crippen molar-refractivity contribution >= 4 is 35.3 Å². The molecule has 3 heterocycles. The van der Waals surface area contributed by atoms with Gasteiger partial charge in [0.05, 0.1) is 0 Å². The fraction of sp³-hybridized carbons (Fsp3) is 0.714. The summed E-state index contributed by atoms with van der Waals surface area (Å²) < 4.78 is 17.9. The average molecular weight is 427 g/mol. The van der Waals surface area contributed by atoms with E-state index in [0.29, 0.717) is 16.3 Å². The minimum atomic E-state index is 0.300. The van der Waals surface area contributed by atoms with Crippen molar-refractivity contribution in [1.29, 1.82) is 0 Å². The van der Waals surface area contributed by atoms with Gasteiger partial charge in [-0.25, -0.2) is 0 Å². The first-order chi connectivity index (χ1) is 13.3. The summed E-state index contributed by atoms with van der Waals surface area (Å²) in [6, 6.07) is 6.99. The maximum absolute atomic E-state index is 5.96. The Morgan fingerprint density at radius 1 is 0.519 bits per heavy atom. The number of rotatable bonds is 6. The highest BCUT2D eigenvalue weighted by molar-refractivity contribution is 8.01. The van der Waals surface area contributed by atoms with Gasteiger partial charge in [0.25, 0.3) is 0 Å². The average Bonchev–Trinajstić information content (AvgIpc) is 2.70. The van der Waals surface area contributed by atoms with Crippen molar-refractivity contribution < 1.29 is 14.2 Å². The van der Waals surface area contributed by atoms with E-state index in [-0.39, 0.29) is 0 Å². The summed E-state index contributed by atoms with van der Waals surface area (Å²) in [5, 5.41) is 0.